The van der Waals surface area contributed by atoms with E-state index in [1.165, 1.54) is 28.6 Å². The minimum Gasteiger partial charge on any atom is -0.476 e. The average molecular weight is 508 g/mol. The number of amides is 1. The molecule has 0 radical (unpaired) electrons. The van der Waals surface area contributed by atoms with Gasteiger partial charge in [0.1, 0.15) is 5.75 Å². The fourth-order valence-corrected chi connectivity index (χ4v) is 5.06. The van der Waals surface area contributed by atoms with Crippen LogP contribution in [-0.2, 0) is 14.8 Å². The van der Waals surface area contributed by atoms with Crippen molar-refractivity contribution in [2.75, 3.05) is 16.2 Å². The zero-order chi connectivity index (χ0) is 21.3. The zero-order valence-corrected chi connectivity index (χ0v) is 18.6. The Morgan fingerprint density at radius 2 is 1.70 bits per heavy atom. The molecule has 0 unspecified atom stereocenters. The van der Waals surface area contributed by atoms with Gasteiger partial charge in [-0.25, -0.2) is 8.42 Å². The van der Waals surface area contributed by atoms with E-state index < -0.39 is 22.0 Å². The topological polar surface area (TPSA) is 75.7 Å². The molecular weight excluding hydrogens is 492 g/mol. The van der Waals surface area contributed by atoms with Gasteiger partial charge in [-0.15, -0.1) is 0 Å². The Morgan fingerprint density at radius 1 is 1.03 bits per heavy atom. The van der Waals surface area contributed by atoms with Crippen molar-refractivity contribution in [2.45, 2.75) is 11.0 Å². The normalized spacial score (nSPS) is 15.8. The molecule has 1 atom stereocenters. The Hall–Kier alpha value is -2.55. The lowest BCUT2D eigenvalue weighted by Crippen LogP contribution is -2.48. The summed E-state index contributed by atoms with van der Waals surface area (Å²) in [6, 6.07) is 19.8. The number of benzene rings is 3. The number of para-hydroxylation sites is 3. The van der Waals surface area contributed by atoms with Crippen molar-refractivity contribution in [3.05, 3.63) is 82.3 Å². The van der Waals surface area contributed by atoms with E-state index in [2.05, 4.69) is 21.2 Å². The Balaban J connectivity index is 1.68. The van der Waals surface area contributed by atoms with Crippen LogP contribution in [0.3, 0.4) is 0 Å². The third-order valence-electron chi connectivity index (χ3n) is 4.56. The van der Waals surface area contributed by atoms with Crippen LogP contribution in [0, 0.1) is 0 Å². The molecule has 6 nitrogen and oxygen atoms in total. The predicted octanol–water partition coefficient (Wildman–Crippen LogP) is 4.70. The number of carbonyl (C=O) groups is 1. The fourth-order valence-electron chi connectivity index (χ4n) is 3.08. The Morgan fingerprint density at radius 3 is 2.43 bits per heavy atom. The summed E-state index contributed by atoms with van der Waals surface area (Å²) in [5, 5.41) is 3.21. The fraction of sp³-hybridized carbons (Fsp3) is 0.0952. The molecule has 0 bridgehead atoms. The van der Waals surface area contributed by atoms with Crippen molar-refractivity contribution >= 4 is 54.8 Å². The number of rotatable bonds is 4. The van der Waals surface area contributed by atoms with Crippen LogP contribution in [0.5, 0.6) is 5.75 Å². The van der Waals surface area contributed by atoms with Gasteiger partial charge in [-0.2, -0.15) is 0 Å². The first-order valence-corrected chi connectivity index (χ1v) is 11.6. The summed E-state index contributed by atoms with van der Waals surface area (Å²) in [4.78, 5) is 13.0. The number of hydrogen-bond acceptors (Lipinski definition) is 4. The number of carbonyl (C=O) groups excluding carboxylic acids is 1. The lowest BCUT2D eigenvalue weighted by molar-refractivity contribution is -0.122. The molecule has 0 saturated heterocycles. The SMILES string of the molecule is O=C(Nc1ccccc1Br)[C@H]1CN(S(=O)(=O)c2ccc(Cl)cc2)c2ccccc2O1. The van der Waals surface area contributed by atoms with Gasteiger partial charge in [-0.05, 0) is 64.5 Å². The van der Waals surface area contributed by atoms with Gasteiger partial charge in [-0.3, -0.25) is 9.10 Å². The second kappa shape index (κ2) is 8.29. The maximum absolute atomic E-state index is 13.3. The highest BCUT2D eigenvalue weighted by atomic mass is 79.9. The quantitative estimate of drug-likeness (QED) is 0.555. The predicted molar refractivity (Wildman–Crippen MR) is 120 cm³/mol. The molecule has 0 aliphatic carbocycles. The number of hydrogen-bond donors (Lipinski definition) is 1. The van der Waals surface area contributed by atoms with Gasteiger partial charge in [0, 0.05) is 9.50 Å². The van der Waals surface area contributed by atoms with E-state index >= 15 is 0 Å². The largest absolute Gasteiger partial charge is 0.476 e. The summed E-state index contributed by atoms with van der Waals surface area (Å²) in [5.74, 6) is -0.138. The van der Waals surface area contributed by atoms with Crippen molar-refractivity contribution in [3.8, 4) is 5.75 Å². The molecule has 0 saturated carbocycles. The molecule has 1 N–H and O–H groups in total. The molecule has 154 valence electrons. The van der Waals surface area contributed by atoms with Crippen LogP contribution in [0.4, 0.5) is 11.4 Å². The number of ether oxygens (including phenoxy) is 1. The molecule has 1 heterocycles. The van der Waals surface area contributed by atoms with Crippen LogP contribution in [-0.4, -0.2) is 27.0 Å². The number of nitrogens with zero attached hydrogens (tertiary/aromatic N) is 1. The van der Waals surface area contributed by atoms with Gasteiger partial charge >= 0.3 is 0 Å². The highest BCUT2D eigenvalue weighted by Gasteiger charge is 2.37. The standard InChI is InChI=1S/C21H16BrClN2O4S/c22-16-5-1-2-6-17(16)24-21(26)20-13-25(18-7-3-4-8-19(18)29-20)30(27,28)15-11-9-14(23)10-12-15/h1-12,20H,13H2,(H,24,26)/t20-/m1/s1. The molecule has 9 heteroatoms. The molecule has 1 amide bonds. The van der Waals surface area contributed by atoms with E-state index in [-0.39, 0.29) is 11.4 Å². The van der Waals surface area contributed by atoms with Crippen molar-refractivity contribution in [3.63, 3.8) is 0 Å². The Labute approximate surface area is 187 Å². The van der Waals surface area contributed by atoms with Crippen molar-refractivity contribution in [1.29, 1.82) is 0 Å². The van der Waals surface area contributed by atoms with Crippen LogP contribution < -0.4 is 14.4 Å². The van der Waals surface area contributed by atoms with Crippen LogP contribution in [0.1, 0.15) is 0 Å². The first kappa shape index (κ1) is 20.7. The summed E-state index contributed by atoms with van der Waals surface area (Å²) in [6.07, 6.45) is -1.03. The molecule has 0 spiro atoms. The average Bonchev–Trinajstić information content (AvgIpc) is 2.74. The van der Waals surface area contributed by atoms with Crippen LogP contribution in [0.2, 0.25) is 5.02 Å². The summed E-state index contributed by atoms with van der Waals surface area (Å²) in [5.41, 5.74) is 0.939. The van der Waals surface area contributed by atoms with Gasteiger partial charge in [0.05, 0.1) is 22.8 Å². The van der Waals surface area contributed by atoms with Crippen molar-refractivity contribution in [2.24, 2.45) is 0 Å². The minimum atomic E-state index is -3.93. The number of nitrogens with one attached hydrogen (secondary N) is 1. The smallest absolute Gasteiger partial charge is 0.267 e. The van der Waals surface area contributed by atoms with Gasteiger partial charge < -0.3 is 10.1 Å². The lowest BCUT2D eigenvalue weighted by Gasteiger charge is -2.34. The zero-order valence-electron chi connectivity index (χ0n) is 15.5. The van der Waals surface area contributed by atoms with E-state index in [1.807, 2.05) is 6.07 Å². The highest BCUT2D eigenvalue weighted by Crippen LogP contribution is 2.37. The number of halogens is 2. The maximum Gasteiger partial charge on any atom is 0.267 e. The second-order valence-electron chi connectivity index (χ2n) is 6.53. The molecular formula is C21H16BrClN2O4S. The first-order chi connectivity index (χ1) is 14.4. The molecule has 3 aromatic rings. The van der Waals surface area contributed by atoms with E-state index in [0.29, 0.717) is 26.6 Å². The van der Waals surface area contributed by atoms with Gasteiger partial charge in [-0.1, -0.05) is 35.9 Å². The first-order valence-electron chi connectivity index (χ1n) is 8.95. The lowest BCUT2D eigenvalue weighted by atomic mass is 10.2. The van der Waals surface area contributed by atoms with Gasteiger partial charge in [0.15, 0.2) is 6.10 Å². The third kappa shape index (κ3) is 4.03. The Bertz CT molecular complexity index is 1200. The molecule has 1 aliphatic heterocycles. The van der Waals surface area contributed by atoms with Gasteiger partial charge in [0.25, 0.3) is 15.9 Å². The maximum atomic E-state index is 13.3. The van der Waals surface area contributed by atoms with Crippen LogP contribution in [0.15, 0.2) is 82.2 Å². The molecule has 0 fully saturated rings. The second-order valence-corrected chi connectivity index (χ2v) is 9.69. The number of anilines is 2. The monoisotopic (exact) mass is 506 g/mol. The van der Waals surface area contributed by atoms with Crippen LogP contribution >= 0.6 is 27.5 Å². The molecule has 4 rings (SSSR count). The summed E-state index contributed by atoms with van der Waals surface area (Å²) in [7, 11) is -3.93. The van der Waals surface area contributed by atoms with Gasteiger partial charge in [0.2, 0.25) is 0 Å². The van der Waals surface area contributed by atoms with Crippen molar-refractivity contribution < 1.29 is 17.9 Å². The van der Waals surface area contributed by atoms with E-state index in [4.69, 9.17) is 16.3 Å². The minimum absolute atomic E-state index is 0.0774. The Kier molecular flexibility index (Phi) is 5.73. The molecule has 1 aliphatic rings. The van der Waals surface area contributed by atoms with E-state index in [0.717, 1.165) is 0 Å². The molecule has 3 aromatic carbocycles. The number of sulfonamides is 1. The van der Waals surface area contributed by atoms with E-state index in [9.17, 15) is 13.2 Å². The number of fused-ring (bicyclic) bond motifs is 1. The van der Waals surface area contributed by atoms with E-state index in [1.54, 1.807) is 42.5 Å². The third-order valence-corrected chi connectivity index (χ3v) is 7.30. The van der Waals surface area contributed by atoms with Crippen LogP contribution in [0.25, 0.3) is 0 Å². The summed E-state index contributed by atoms with van der Waals surface area (Å²) in [6.45, 7) is -0.168. The van der Waals surface area contributed by atoms with Crippen molar-refractivity contribution in [1.82, 2.24) is 0 Å². The summed E-state index contributed by atoms with van der Waals surface area (Å²) < 4.78 is 34.4. The molecule has 30 heavy (non-hydrogen) atoms. The summed E-state index contributed by atoms with van der Waals surface area (Å²) >= 11 is 9.28. The molecule has 0 aromatic heterocycles. The highest BCUT2D eigenvalue weighted by molar-refractivity contribution is 9.10.